The summed E-state index contributed by atoms with van der Waals surface area (Å²) >= 11 is 0. The van der Waals surface area contributed by atoms with Gasteiger partial charge in [0.25, 0.3) is 0 Å². The molecule has 1 rings (SSSR count). The van der Waals surface area contributed by atoms with Crippen LogP contribution in [0, 0.1) is 0 Å². The van der Waals surface area contributed by atoms with E-state index in [1.54, 1.807) is 0 Å². The van der Waals surface area contributed by atoms with Crippen LogP contribution in [0.4, 0.5) is 26.3 Å². The van der Waals surface area contributed by atoms with Crippen LogP contribution in [-0.2, 0) is 0 Å². The molecule has 116 valence electrons. The Balaban J connectivity index is 0.00000361. The smallest absolute Gasteiger partial charge is 0.406 e. The van der Waals surface area contributed by atoms with Gasteiger partial charge in [0, 0.05) is 0 Å². The summed E-state index contributed by atoms with van der Waals surface area (Å²) < 4.78 is 75.6. The van der Waals surface area contributed by atoms with Gasteiger partial charge in [0.15, 0.2) is 6.10 Å². The Morgan fingerprint density at radius 2 is 1.45 bits per heavy atom. The van der Waals surface area contributed by atoms with Crippen LogP contribution >= 0.6 is 12.4 Å². The number of rotatable bonds is 3. The molecule has 0 spiro atoms. The SMILES string of the molecule is Cl.N[C@@H](c1ccc(OC(F)(F)F)cc1)[C@H](O)C(F)(F)F. The lowest BCUT2D eigenvalue weighted by atomic mass is 10.0. The molecule has 1 aromatic carbocycles. The summed E-state index contributed by atoms with van der Waals surface area (Å²) in [6, 6.07) is 1.67. The quantitative estimate of drug-likeness (QED) is 0.840. The summed E-state index contributed by atoms with van der Waals surface area (Å²) in [7, 11) is 0. The van der Waals surface area contributed by atoms with Crippen molar-refractivity contribution in [1.82, 2.24) is 0 Å². The first-order valence-electron chi connectivity index (χ1n) is 4.87. The highest BCUT2D eigenvalue weighted by Gasteiger charge is 2.42. The molecule has 0 unspecified atom stereocenters. The molecule has 3 N–H and O–H groups in total. The van der Waals surface area contributed by atoms with E-state index in [-0.39, 0.29) is 18.0 Å². The highest BCUT2D eigenvalue weighted by atomic mass is 35.5. The van der Waals surface area contributed by atoms with Gasteiger partial charge in [0.1, 0.15) is 5.75 Å². The largest absolute Gasteiger partial charge is 0.573 e. The number of halogens is 7. The van der Waals surface area contributed by atoms with E-state index in [1.807, 2.05) is 0 Å². The minimum absolute atomic E-state index is 0. The van der Waals surface area contributed by atoms with Crippen LogP contribution < -0.4 is 10.5 Å². The third-order valence-corrected chi connectivity index (χ3v) is 2.17. The van der Waals surface area contributed by atoms with Crippen molar-refractivity contribution in [1.29, 1.82) is 0 Å². The van der Waals surface area contributed by atoms with Crippen molar-refractivity contribution in [3.63, 3.8) is 0 Å². The fourth-order valence-electron chi connectivity index (χ4n) is 1.28. The second kappa shape index (κ2) is 6.51. The summed E-state index contributed by atoms with van der Waals surface area (Å²) in [5.74, 6) is -0.593. The highest BCUT2D eigenvalue weighted by molar-refractivity contribution is 5.85. The van der Waals surface area contributed by atoms with Gasteiger partial charge < -0.3 is 15.6 Å². The Morgan fingerprint density at radius 3 is 1.80 bits per heavy atom. The van der Waals surface area contributed by atoms with Crippen molar-refractivity contribution < 1.29 is 36.2 Å². The third-order valence-electron chi connectivity index (χ3n) is 2.17. The van der Waals surface area contributed by atoms with E-state index in [0.717, 1.165) is 24.3 Å². The number of hydrogen-bond acceptors (Lipinski definition) is 3. The van der Waals surface area contributed by atoms with E-state index in [4.69, 9.17) is 10.8 Å². The summed E-state index contributed by atoms with van der Waals surface area (Å²) in [4.78, 5) is 0. The van der Waals surface area contributed by atoms with E-state index >= 15 is 0 Å². The van der Waals surface area contributed by atoms with Crippen molar-refractivity contribution in [3.05, 3.63) is 29.8 Å². The van der Waals surface area contributed by atoms with Gasteiger partial charge in [0.2, 0.25) is 0 Å². The van der Waals surface area contributed by atoms with Crippen molar-refractivity contribution in [2.75, 3.05) is 0 Å². The van der Waals surface area contributed by atoms with Crippen LogP contribution in [0.2, 0.25) is 0 Å². The van der Waals surface area contributed by atoms with Crippen molar-refractivity contribution in [2.45, 2.75) is 24.7 Å². The van der Waals surface area contributed by atoms with Gasteiger partial charge in [-0.25, -0.2) is 0 Å². The molecular weight excluding hydrogens is 316 g/mol. The first-order chi connectivity index (χ1) is 8.50. The summed E-state index contributed by atoms with van der Waals surface area (Å²) in [6.45, 7) is 0. The second-order valence-corrected chi connectivity index (χ2v) is 3.63. The Hall–Kier alpha value is -1.19. The topological polar surface area (TPSA) is 55.5 Å². The normalized spacial score (nSPS) is 15.2. The molecule has 0 aliphatic rings. The van der Waals surface area contributed by atoms with Crippen molar-refractivity contribution in [3.8, 4) is 5.75 Å². The molecule has 10 heteroatoms. The van der Waals surface area contributed by atoms with Gasteiger partial charge in [-0.1, -0.05) is 12.1 Å². The summed E-state index contributed by atoms with van der Waals surface area (Å²) in [6.07, 6.45) is -12.6. The highest BCUT2D eigenvalue weighted by Crippen LogP contribution is 2.30. The van der Waals surface area contributed by atoms with Crippen molar-refractivity contribution in [2.24, 2.45) is 5.73 Å². The van der Waals surface area contributed by atoms with Crippen LogP contribution in [-0.4, -0.2) is 23.7 Å². The number of alkyl halides is 6. The maximum atomic E-state index is 12.2. The second-order valence-electron chi connectivity index (χ2n) is 3.63. The molecule has 0 fully saturated rings. The number of nitrogens with two attached hydrogens (primary N) is 1. The Bertz CT molecular complexity index is 419. The molecule has 20 heavy (non-hydrogen) atoms. The van der Waals surface area contributed by atoms with Crippen LogP contribution in [0.3, 0.4) is 0 Å². The van der Waals surface area contributed by atoms with Gasteiger partial charge in [-0.05, 0) is 17.7 Å². The Labute approximate surface area is 115 Å². The maximum absolute atomic E-state index is 12.2. The summed E-state index contributed by atoms with van der Waals surface area (Å²) in [5.41, 5.74) is 5.00. The van der Waals surface area contributed by atoms with E-state index in [2.05, 4.69) is 4.74 Å². The standard InChI is InChI=1S/C10H9F6NO2.ClH/c11-9(12,13)8(18)7(17)5-1-3-6(4-2-5)19-10(14,15)16;/h1-4,7-8,18H,17H2;1H/t7-,8-;/m0./s1. The number of aliphatic hydroxyl groups is 1. The van der Waals surface area contributed by atoms with Gasteiger partial charge >= 0.3 is 12.5 Å². The lowest BCUT2D eigenvalue weighted by Gasteiger charge is -2.21. The van der Waals surface area contributed by atoms with E-state index in [9.17, 15) is 26.3 Å². The van der Waals surface area contributed by atoms with Crippen LogP contribution in [0.25, 0.3) is 0 Å². The summed E-state index contributed by atoms with van der Waals surface area (Å²) in [5, 5.41) is 8.90. The van der Waals surface area contributed by atoms with E-state index in [1.165, 1.54) is 0 Å². The predicted octanol–water partition coefficient (Wildman–Crippen LogP) is 2.93. The molecule has 1 aromatic rings. The van der Waals surface area contributed by atoms with Crippen LogP contribution in [0.15, 0.2) is 24.3 Å². The Kier molecular flexibility index (Phi) is 6.12. The number of benzene rings is 1. The number of hydrogen-bond donors (Lipinski definition) is 2. The fourth-order valence-corrected chi connectivity index (χ4v) is 1.28. The minimum atomic E-state index is -4.92. The van der Waals surface area contributed by atoms with E-state index < -0.39 is 30.4 Å². The average molecular weight is 326 g/mol. The molecular formula is C10H10ClF6NO2. The first-order valence-corrected chi connectivity index (χ1v) is 4.87. The molecule has 0 saturated carbocycles. The lowest BCUT2D eigenvalue weighted by molar-refractivity contribution is -0.274. The molecule has 0 saturated heterocycles. The molecule has 0 bridgehead atoms. The zero-order valence-corrected chi connectivity index (χ0v) is 10.4. The first kappa shape index (κ1) is 18.8. The monoisotopic (exact) mass is 325 g/mol. The van der Waals surface area contributed by atoms with Crippen LogP contribution in [0.1, 0.15) is 11.6 Å². The van der Waals surface area contributed by atoms with Gasteiger partial charge in [-0.3, -0.25) is 0 Å². The minimum Gasteiger partial charge on any atom is -0.406 e. The number of aliphatic hydroxyl groups excluding tert-OH is 1. The van der Waals surface area contributed by atoms with E-state index in [0.29, 0.717) is 0 Å². The molecule has 0 radical (unpaired) electrons. The van der Waals surface area contributed by atoms with Crippen LogP contribution in [0.5, 0.6) is 5.75 Å². The molecule has 0 aliphatic heterocycles. The lowest BCUT2D eigenvalue weighted by Crippen LogP contribution is -2.38. The average Bonchev–Trinajstić information content (AvgIpc) is 2.24. The molecule has 0 amide bonds. The van der Waals surface area contributed by atoms with Crippen molar-refractivity contribution >= 4 is 12.4 Å². The molecule has 3 nitrogen and oxygen atoms in total. The predicted molar refractivity (Wildman–Crippen MR) is 59.4 cm³/mol. The Morgan fingerprint density at radius 1 is 1.00 bits per heavy atom. The molecule has 2 atom stereocenters. The molecule has 0 heterocycles. The maximum Gasteiger partial charge on any atom is 0.573 e. The zero-order valence-electron chi connectivity index (χ0n) is 9.57. The molecule has 0 aromatic heterocycles. The van der Waals surface area contributed by atoms with Gasteiger partial charge in [0.05, 0.1) is 6.04 Å². The van der Waals surface area contributed by atoms with Gasteiger partial charge in [-0.15, -0.1) is 25.6 Å². The zero-order chi connectivity index (χ0) is 14.8. The fraction of sp³-hybridized carbons (Fsp3) is 0.400. The van der Waals surface area contributed by atoms with Gasteiger partial charge in [-0.2, -0.15) is 13.2 Å². The molecule has 0 aliphatic carbocycles. The third kappa shape index (κ3) is 5.43. The number of ether oxygens (including phenoxy) is 1.